The van der Waals surface area contributed by atoms with Crippen LogP contribution in [0.4, 0.5) is 0 Å². The highest BCUT2D eigenvalue weighted by atomic mass is 16.2. The van der Waals surface area contributed by atoms with Crippen LogP contribution in [-0.4, -0.2) is 25.4 Å². The fourth-order valence-corrected chi connectivity index (χ4v) is 5.14. The van der Waals surface area contributed by atoms with Gasteiger partial charge in [0.05, 0.1) is 0 Å². The molecule has 0 aliphatic heterocycles. The van der Waals surface area contributed by atoms with Gasteiger partial charge >= 0.3 is 0 Å². The third-order valence-corrected chi connectivity index (χ3v) is 7.79. The van der Waals surface area contributed by atoms with Crippen molar-refractivity contribution in [3.63, 3.8) is 0 Å². The summed E-state index contributed by atoms with van der Waals surface area (Å²) in [6.07, 6.45) is 36.2. The second-order valence-electron chi connectivity index (χ2n) is 12.1. The molecule has 0 heterocycles. The fourth-order valence-electron chi connectivity index (χ4n) is 5.14. The first kappa shape index (κ1) is 41.2. The average Bonchev–Trinajstić information content (AvgIpc) is 2.94. The van der Waals surface area contributed by atoms with E-state index in [4.69, 9.17) is 0 Å². The van der Waals surface area contributed by atoms with Crippen LogP contribution in [0.2, 0.25) is 0 Å². The summed E-state index contributed by atoms with van der Waals surface area (Å²) in [6, 6.07) is 0. The van der Waals surface area contributed by atoms with Gasteiger partial charge in [-0.3, -0.25) is 14.9 Å². The molecular formula is C36H74N2O2. The van der Waals surface area contributed by atoms with Gasteiger partial charge in [-0.15, -0.1) is 0 Å². The molecule has 240 valence electrons. The number of unbranched alkanes of at least 4 members (excludes halogenated alkanes) is 24. The van der Waals surface area contributed by atoms with E-state index in [9.17, 15) is 9.59 Å². The molecule has 0 aliphatic carbocycles. The third kappa shape index (κ3) is 39.2. The van der Waals surface area contributed by atoms with Crippen molar-refractivity contribution in [3.8, 4) is 0 Å². The van der Waals surface area contributed by atoms with Crippen molar-refractivity contribution in [2.45, 2.75) is 207 Å². The number of hydrogen-bond acceptors (Lipinski definition) is 3. The van der Waals surface area contributed by atoms with E-state index in [2.05, 4.69) is 31.4 Å². The van der Waals surface area contributed by atoms with Gasteiger partial charge in [-0.25, -0.2) is 0 Å². The largest absolute Gasteiger partial charge is 0.320 e. The van der Waals surface area contributed by atoms with Crippen LogP contribution in [0, 0.1) is 0 Å². The minimum Gasteiger partial charge on any atom is -0.320 e. The summed E-state index contributed by atoms with van der Waals surface area (Å²) in [5.41, 5.74) is 0. The Kier molecular flexibility index (Phi) is 39.3. The van der Waals surface area contributed by atoms with Crippen LogP contribution in [0.25, 0.3) is 0 Å². The topological polar surface area (TPSA) is 58.2 Å². The second kappa shape index (κ2) is 38.1. The highest BCUT2D eigenvalue weighted by molar-refractivity contribution is 5.95. The van der Waals surface area contributed by atoms with E-state index in [1.807, 2.05) is 7.05 Å². The Morgan fingerprint density at radius 3 is 0.825 bits per heavy atom. The van der Waals surface area contributed by atoms with E-state index < -0.39 is 0 Å². The third-order valence-electron chi connectivity index (χ3n) is 7.79. The molecule has 4 nitrogen and oxygen atoms in total. The molecule has 0 aromatic heterocycles. The van der Waals surface area contributed by atoms with Crippen LogP contribution in [0.3, 0.4) is 0 Å². The van der Waals surface area contributed by atoms with Crippen LogP contribution in [0.1, 0.15) is 207 Å². The minimum absolute atomic E-state index is 0.0761. The normalized spacial score (nSPS) is 10.8. The Balaban J connectivity index is 0. The van der Waals surface area contributed by atoms with Crippen molar-refractivity contribution >= 4 is 11.8 Å². The molecule has 0 bridgehead atoms. The average molecular weight is 567 g/mol. The number of carbonyl (C=O) groups excluding carboxylic acids is 2. The molecule has 0 fully saturated rings. The number of hydrogen-bond donors (Lipinski definition) is 2. The van der Waals surface area contributed by atoms with E-state index in [-0.39, 0.29) is 11.8 Å². The van der Waals surface area contributed by atoms with Crippen molar-refractivity contribution < 1.29 is 9.59 Å². The van der Waals surface area contributed by atoms with E-state index in [0.29, 0.717) is 12.8 Å². The second-order valence-corrected chi connectivity index (χ2v) is 12.1. The molecule has 0 unspecified atom stereocenters. The maximum absolute atomic E-state index is 12.0. The predicted octanol–water partition coefficient (Wildman–Crippen LogP) is 11.2. The summed E-state index contributed by atoms with van der Waals surface area (Å²) < 4.78 is 0. The standard InChI is InChI=1S/C32H63NO2.C4H11N/c1-3-5-7-9-11-13-15-17-19-21-23-25-27-29-31(34)33-32(35)30-28-26-24-22-20-18-16-14-12-10-8-6-4-2;1-3-4-5-2/h3-30H2,1-2H3,(H,33,34,35);5H,3-4H2,1-2H3. The molecule has 0 saturated carbocycles. The molecule has 0 aromatic rings. The molecular weight excluding hydrogens is 492 g/mol. The maximum atomic E-state index is 12.0. The monoisotopic (exact) mass is 567 g/mol. The zero-order valence-electron chi connectivity index (χ0n) is 28.0. The van der Waals surface area contributed by atoms with Crippen LogP contribution >= 0.6 is 0 Å². The first-order valence-electron chi connectivity index (χ1n) is 18.1. The van der Waals surface area contributed by atoms with E-state index >= 15 is 0 Å². The van der Waals surface area contributed by atoms with Gasteiger partial charge in [0, 0.05) is 12.8 Å². The molecule has 4 heteroatoms. The number of carbonyl (C=O) groups is 2. The van der Waals surface area contributed by atoms with Crippen LogP contribution < -0.4 is 10.6 Å². The van der Waals surface area contributed by atoms with Gasteiger partial charge < -0.3 is 5.32 Å². The molecule has 0 radical (unpaired) electrons. The number of rotatable bonds is 30. The summed E-state index contributed by atoms with van der Waals surface area (Å²) in [6.45, 7) is 7.83. The molecule has 2 amide bonds. The predicted molar refractivity (Wildman–Crippen MR) is 178 cm³/mol. The summed E-state index contributed by atoms with van der Waals surface area (Å²) in [4.78, 5) is 23.9. The molecule has 0 saturated heterocycles. The highest BCUT2D eigenvalue weighted by Gasteiger charge is 2.07. The molecule has 2 N–H and O–H groups in total. The zero-order chi connectivity index (χ0) is 29.8. The lowest BCUT2D eigenvalue weighted by Crippen LogP contribution is -2.29. The zero-order valence-corrected chi connectivity index (χ0v) is 28.0. The maximum Gasteiger partial charge on any atom is 0.226 e. The van der Waals surface area contributed by atoms with E-state index in [1.54, 1.807) is 0 Å². The summed E-state index contributed by atoms with van der Waals surface area (Å²) in [5.74, 6) is -0.152. The SMILES string of the molecule is CCCCCCCCCCCCCCCC(=O)NC(=O)CCCCCCCCCCCCCCC.CCCNC. The smallest absolute Gasteiger partial charge is 0.226 e. The number of amides is 2. The molecule has 0 aromatic carbocycles. The van der Waals surface area contributed by atoms with E-state index in [0.717, 1.165) is 32.2 Å². The quantitative estimate of drug-likeness (QED) is 0.0850. The van der Waals surface area contributed by atoms with Gasteiger partial charge in [-0.05, 0) is 32.9 Å². The molecule has 40 heavy (non-hydrogen) atoms. The van der Waals surface area contributed by atoms with Gasteiger partial charge in [-0.1, -0.05) is 175 Å². The minimum atomic E-state index is -0.0761. The van der Waals surface area contributed by atoms with E-state index in [1.165, 1.54) is 148 Å². The summed E-state index contributed by atoms with van der Waals surface area (Å²) >= 11 is 0. The van der Waals surface area contributed by atoms with Crippen molar-refractivity contribution in [2.75, 3.05) is 13.6 Å². The number of imide groups is 1. The van der Waals surface area contributed by atoms with Crippen molar-refractivity contribution in [3.05, 3.63) is 0 Å². The molecule has 0 aliphatic rings. The Morgan fingerprint density at radius 2 is 0.625 bits per heavy atom. The van der Waals surface area contributed by atoms with Crippen LogP contribution in [-0.2, 0) is 9.59 Å². The molecule has 0 rings (SSSR count). The fraction of sp³-hybridized carbons (Fsp3) is 0.944. The Hall–Kier alpha value is -0.900. The highest BCUT2D eigenvalue weighted by Crippen LogP contribution is 2.14. The lowest BCUT2D eigenvalue weighted by atomic mass is 10.0. The van der Waals surface area contributed by atoms with Crippen LogP contribution in [0.15, 0.2) is 0 Å². The van der Waals surface area contributed by atoms with Gasteiger partial charge in [0.15, 0.2) is 0 Å². The first-order valence-corrected chi connectivity index (χ1v) is 18.1. The number of nitrogens with one attached hydrogen (secondary N) is 2. The van der Waals surface area contributed by atoms with Gasteiger partial charge in [0.1, 0.15) is 0 Å². The molecule has 0 spiro atoms. The van der Waals surface area contributed by atoms with Gasteiger partial charge in [0.25, 0.3) is 0 Å². The van der Waals surface area contributed by atoms with Crippen molar-refractivity contribution in [2.24, 2.45) is 0 Å². The van der Waals surface area contributed by atoms with Crippen LogP contribution in [0.5, 0.6) is 0 Å². The van der Waals surface area contributed by atoms with Gasteiger partial charge in [-0.2, -0.15) is 0 Å². The Labute approximate surface area is 252 Å². The lowest BCUT2D eigenvalue weighted by Gasteiger charge is -2.05. The van der Waals surface area contributed by atoms with Crippen molar-refractivity contribution in [1.82, 2.24) is 10.6 Å². The molecule has 0 atom stereocenters. The van der Waals surface area contributed by atoms with Gasteiger partial charge in [0.2, 0.25) is 11.8 Å². The van der Waals surface area contributed by atoms with Crippen molar-refractivity contribution in [1.29, 1.82) is 0 Å². The summed E-state index contributed by atoms with van der Waals surface area (Å²) in [5, 5.41) is 5.61. The Morgan fingerprint density at radius 1 is 0.375 bits per heavy atom. The lowest BCUT2D eigenvalue weighted by molar-refractivity contribution is -0.130. The Bertz CT molecular complexity index is 453. The summed E-state index contributed by atoms with van der Waals surface area (Å²) in [7, 11) is 1.96. The first-order chi connectivity index (χ1) is 19.6.